The van der Waals surface area contributed by atoms with Gasteiger partial charge >= 0.3 is 5.97 Å². The molecular formula is C22H22Cl2N2O3. The van der Waals surface area contributed by atoms with Gasteiger partial charge in [0.2, 0.25) is 0 Å². The number of fused-ring (bicyclic) bond motifs is 1. The number of hydrogen-bond donors (Lipinski definition) is 0. The molecule has 3 aromatic rings. The quantitative estimate of drug-likeness (QED) is 0.336. The number of halogens is 2. The van der Waals surface area contributed by atoms with E-state index in [0.29, 0.717) is 28.3 Å². The van der Waals surface area contributed by atoms with Crippen LogP contribution in [0.3, 0.4) is 0 Å². The van der Waals surface area contributed by atoms with Crippen LogP contribution in [0.25, 0.3) is 10.8 Å². The van der Waals surface area contributed by atoms with Crippen LogP contribution in [-0.4, -0.2) is 30.7 Å². The van der Waals surface area contributed by atoms with Crippen molar-refractivity contribution in [3.8, 4) is 5.75 Å². The number of anilines is 2. The molecule has 0 amide bonds. The highest BCUT2D eigenvalue weighted by Crippen LogP contribution is 2.31. The van der Waals surface area contributed by atoms with Crippen LogP contribution in [0.2, 0.25) is 10.2 Å². The van der Waals surface area contributed by atoms with E-state index in [4.69, 9.17) is 32.7 Å². The Kier molecular flexibility index (Phi) is 6.83. The molecule has 1 aromatic heterocycles. The van der Waals surface area contributed by atoms with Crippen molar-refractivity contribution in [2.45, 2.75) is 26.4 Å². The number of benzene rings is 2. The Balaban J connectivity index is 1.75. The molecule has 0 fully saturated rings. The topological polar surface area (TPSA) is 51.7 Å². The molecule has 0 saturated heterocycles. The van der Waals surface area contributed by atoms with Gasteiger partial charge in [0.1, 0.15) is 16.7 Å². The van der Waals surface area contributed by atoms with E-state index in [1.165, 1.54) is 0 Å². The van der Waals surface area contributed by atoms with Crippen molar-refractivity contribution in [1.82, 2.24) is 4.98 Å². The summed E-state index contributed by atoms with van der Waals surface area (Å²) in [7, 11) is 1.90. The molecule has 29 heavy (non-hydrogen) atoms. The van der Waals surface area contributed by atoms with Gasteiger partial charge in [-0.05, 0) is 61.2 Å². The Hall–Kier alpha value is -2.50. The smallest absolute Gasteiger partial charge is 0.347 e. The van der Waals surface area contributed by atoms with Crippen molar-refractivity contribution in [2.24, 2.45) is 0 Å². The van der Waals surface area contributed by atoms with Gasteiger partial charge in [-0.1, -0.05) is 36.2 Å². The zero-order valence-electron chi connectivity index (χ0n) is 16.5. The van der Waals surface area contributed by atoms with Gasteiger partial charge in [-0.15, -0.1) is 0 Å². The average Bonchev–Trinajstić information content (AvgIpc) is 2.72. The lowest BCUT2D eigenvalue weighted by atomic mass is 10.1. The van der Waals surface area contributed by atoms with Crippen LogP contribution in [0.15, 0.2) is 48.5 Å². The number of ether oxygens (including phenoxy) is 2. The lowest BCUT2D eigenvalue weighted by molar-refractivity contribution is -0.151. The summed E-state index contributed by atoms with van der Waals surface area (Å²) in [5, 5.41) is 2.77. The first-order valence-electron chi connectivity index (χ1n) is 9.32. The minimum absolute atomic E-state index is 0.372. The van der Waals surface area contributed by atoms with Gasteiger partial charge in [0.25, 0.3) is 0 Å². The molecular weight excluding hydrogens is 411 g/mol. The van der Waals surface area contributed by atoms with Crippen LogP contribution < -0.4 is 9.64 Å². The van der Waals surface area contributed by atoms with Crippen LogP contribution in [0.1, 0.15) is 20.3 Å². The summed E-state index contributed by atoms with van der Waals surface area (Å²) < 4.78 is 10.8. The van der Waals surface area contributed by atoms with Crippen LogP contribution in [-0.2, 0) is 9.53 Å². The molecule has 0 radical (unpaired) electrons. The normalized spacial score (nSPS) is 11.9. The first-order chi connectivity index (χ1) is 13.9. The molecule has 0 aliphatic carbocycles. The van der Waals surface area contributed by atoms with E-state index in [0.717, 1.165) is 22.9 Å². The number of rotatable bonds is 7. The van der Waals surface area contributed by atoms with Crippen molar-refractivity contribution in [1.29, 1.82) is 0 Å². The second-order valence-corrected chi connectivity index (χ2v) is 7.41. The molecule has 152 valence electrons. The monoisotopic (exact) mass is 432 g/mol. The number of hydrogen-bond acceptors (Lipinski definition) is 5. The average molecular weight is 433 g/mol. The highest BCUT2D eigenvalue weighted by molar-refractivity contribution is 6.36. The Morgan fingerprint density at radius 2 is 1.86 bits per heavy atom. The maximum atomic E-state index is 11.8. The number of carbonyl (C=O) groups excluding carboxylic acids is 1. The standard InChI is InChI=1S/C22H22Cl2N2O3/c1-4-11-28-22(27)14(2)29-18-9-7-17(8-10-18)26(3)20-12-15-5-6-16(23)13-19(15)21(24)25-20/h5-10,12-14H,4,11H2,1-3H3. The van der Waals surface area contributed by atoms with Gasteiger partial charge in [-0.3, -0.25) is 0 Å². The molecule has 1 atom stereocenters. The SMILES string of the molecule is CCCOC(=O)C(C)Oc1ccc(N(C)c2cc3ccc(Cl)cc3c(Cl)n2)cc1. The minimum atomic E-state index is -0.669. The highest BCUT2D eigenvalue weighted by Gasteiger charge is 2.16. The maximum absolute atomic E-state index is 11.8. The predicted molar refractivity (Wildman–Crippen MR) is 118 cm³/mol. The molecule has 0 saturated carbocycles. The summed E-state index contributed by atoms with van der Waals surface area (Å²) in [6.45, 7) is 4.01. The molecule has 2 aromatic carbocycles. The molecule has 1 heterocycles. The van der Waals surface area contributed by atoms with E-state index >= 15 is 0 Å². The summed E-state index contributed by atoms with van der Waals surface area (Å²) in [5.41, 5.74) is 0.899. The molecule has 5 nitrogen and oxygen atoms in total. The molecule has 0 spiro atoms. The molecule has 7 heteroatoms. The zero-order valence-corrected chi connectivity index (χ0v) is 18.0. The van der Waals surface area contributed by atoms with Gasteiger partial charge in [-0.25, -0.2) is 9.78 Å². The van der Waals surface area contributed by atoms with E-state index in [-0.39, 0.29) is 5.97 Å². The molecule has 0 aliphatic heterocycles. The van der Waals surface area contributed by atoms with Gasteiger partial charge in [0, 0.05) is 23.1 Å². The number of esters is 1. The van der Waals surface area contributed by atoms with Crippen molar-refractivity contribution in [3.05, 3.63) is 58.7 Å². The highest BCUT2D eigenvalue weighted by atomic mass is 35.5. The Labute approximate surface area is 180 Å². The van der Waals surface area contributed by atoms with E-state index in [9.17, 15) is 4.79 Å². The number of nitrogens with zero attached hydrogens (tertiary/aromatic N) is 2. The predicted octanol–water partition coefficient (Wildman–Crippen LogP) is 6.03. The van der Waals surface area contributed by atoms with Gasteiger partial charge in [0.05, 0.1) is 6.61 Å². The Bertz CT molecular complexity index is 1010. The van der Waals surface area contributed by atoms with Gasteiger partial charge in [0.15, 0.2) is 6.10 Å². The fourth-order valence-electron chi connectivity index (χ4n) is 2.79. The number of carbonyl (C=O) groups is 1. The Morgan fingerprint density at radius 1 is 1.14 bits per heavy atom. The molecule has 0 bridgehead atoms. The van der Waals surface area contributed by atoms with Crippen LogP contribution in [0.5, 0.6) is 5.75 Å². The third kappa shape index (κ3) is 5.11. The zero-order chi connectivity index (χ0) is 21.0. The fourth-order valence-corrected chi connectivity index (χ4v) is 3.21. The number of aromatic nitrogens is 1. The summed E-state index contributed by atoms with van der Waals surface area (Å²) in [6, 6.07) is 14.9. The minimum Gasteiger partial charge on any atom is -0.479 e. The summed E-state index contributed by atoms with van der Waals surface area (Å²) in [6.07, 6.45) is 0.109. The fraction of sp³-hybridized carbons (Fsp3) is 0.273. The van der Waals surface area contributed by atoms with E-state index < -0.39 is 6.10 Å². The van der Waals surface area contributed by atoms with E-state index in [1.54, 1.807) is 25.1 Å². The lowest BCUT2D eigenvalue weighted by Gasteiger charge is -2.20. The van der Waals surface area contributed by atoms with Crippen molar-refractivity contribution in [2.75, 3.05) is 18.6 Å². The van der Waals surface area contributed by atoms with E-state index in [1.807, 2.05) is 49.2 Å². The largest absolute Gasteiger partial charge is 0.479 e. The second kappa shape index (κ2) is 9.33. The van der Waals surface area contributed by atoms with Crippen molar-refractivity contribution in [3.63, 3.8) is 0 Å². The summed E-state index contributed by atoms with van der Waals surface area (Å²) in [4.78, 5) is 18.2. The molecule has 3 rings (SSSR count). The Morgan fingerprint density at radius 3 is 2.55 bits per heavy atom. The number of pyridine rings is 1. The third-order valence-electron chi connectivity index (χ3n) is 4.40. The van der Waals surface area contributed by atoms with Gasteiger partial charge in [-0.2, -0.15) is 0 Å². The molecule has 0 aliphatic rings. The van der Waals surface area contributed by atoms with Gasteiger partial charge < -0.3 is 14.4 Å². The third-order valence-corrected chi connectivity index (χ3v) is 4.92. The van der Waals surface area contributed by atoms with Crippen molar-refractivity contribution >= 4 is 51.4 Å². The first-order valence-corrected chi connectivity index (χ1v) is 10.1. The van der Waals surface area contributed by atoms with Crippen LogP contribution in [0, 0.1) is 0 Å². The van der Waals surface area contributed by atoms with Crippen molar-refractivity contribution < 1.29 is 14.3 Å². The first kappa shape index (κ1) is 21.2. The molecule has 0 N–H and O–H groups in total. The maximum Gasteiger partial charge on any atom is 0.347 e. The van der Waals surface area contributed by atoms with E-state index in [2.05, 4.69) is 4.98 Å². The molecule has 1 unspecified atom stereocenters. The van der Waals surface area contributed by atoms with Crippen LogP contribution in [0.4, 0.5) is 11.5 Å². The summed E-state index contributed by atoms with van der Waals surface area (Å²) in [5.74, 6) is 0.917. The second-order valence-electron chi connectivity index (χ2n) is 6.62. The summed E-state index contributed by atoms with van der Waals surface area (Å²) >= 11 is 12.4. The lowest BCUT2D eigenvalue weighted by Crippen LogP contribution is -2.26. The van der Waals surface area contributed by atoms with Crippen LogP contribution >= 0.6 is 23.2 Å².